The average Bonchev–Trinajstić information content (AvgIpc) is 2.80. The molecule has 3 N–H and O–H groups in total. The fourth-order valence-electron chi connectivity index (χ4n) is 3.59. The smallest absolute Gasteiger partial charge is 0.229 e. The van der Waals surface area contributed by atoms with Gasteiger partial charge in [0.25, 0.3) is 0 Å². The van der Waals surface area contributed by atoms with Crippen molar-refractivity contribution in [1.29, 1.82) is 0 Å². The third-order valence-electron chi connectivity index (χ3n) is 5.21. The van der Waals surface area contributed by atoms with Gasteiger partial charge in [0.15, 0.2) is 0 Å². The summed E-state index contributed by atoms with van der Waals surface area (Å²) in [6.07, 6.45) is 6.20. The number of hydrogen-bond donors (Lipinski definition) is 3. The van der Waals surface area contributed by atoms with E-state index in [9.17, 15) is 9.18 Å². The van der Waals surface area contributed by atoms with Crippen molar-refractivity contribution in [2.75, 3.05) is 23.7 Å². The number of hydrogen-bond acceptors (Lipinski definition) is 5. The van der Waals surface area contributed by atoms with Crippen LogP contribution < -0.4 is 16.0 Å². The van der Waals surface area contributed by atoms with Gasteiger partial charge in [-0.3, -0.25) is 9.78 Å². The number of aromatic nitrogens is 2. The van der Waals surface area contributed by atoms with Crippen LogP contribution in [-0.2, 0) is 11.3 Å². The van der Waals surface area contributed by atoms with E-state index in [1.54, 1.807) is 18.5 Å². The Balaban J connectivity index is 1.48. The zero-order chi connectivity index (χ0) is 21.6. The summed E-state index contributed by atoms with van der Waals surface area (Å²) >= 11 is 6.40. The second-order valence-electron chi connectivity index (χ2n) is 7.53. The lowest BCUT2D eigenvalue weighted by atomic mass is 9.99. The molecule has 1 aliphatic rings. The van der Waals surface area contributed by atoms with Gasteiger partial charge in [0, 0.05) is 36.7 Å². The van der Waals surface area contributed by atoms with Crippen LogP contribution in [0.1, 0.15) is 18.4 Å². The third kappa shape index (κ3) is 5.57. The van der Waals surface area contributed by atoms with E-state index in [1.807, 2.05) is 24.3 Å². The Hall–Kier alpha value is -3.03. The van der Waals surface area contributed by atoms with Crippen molar-refractivity contribution in [2.24, 2.45) is 5.92 Å². The molecule has 1 atom stereocenters. The first-order valence-electron chi connectivity index (χ1n) is 10.2. The number of carbonyl (C=O) groups is 1. The molecule has 1 fully saturated rings. The van der Waals surface area contributed by atoms with Crippen molar-refractivity contribution in [3.63, 3.8) is 0 Å². The van der Waals surface area contributed by atoms with Gasteiger partial charge in [-0.25, -0.2) is 9.37 Å². The first-order chi connectivity index (χ1) is 15.1. The highest BCUT2D eigenvalue weighted by Gasteiger charge is 2.21. The number of amides is 1. The summed E-state index contributed by atoms with van der Waals surface area (Å²) in [4.78, 5) is 20.7. The van der Waals surface area contributed by atoms with Crippen molar-refractivity contribution >= 4 is 29.0 Å². The molecular weight excluding hydrogens is 417 g/mol. The van der Waals surface area contributed by atoms with Crippen LogP contribution >= 0.6 is 11.6 Å². The molecule has 31 heavy (non-hydrogen) atoms. The predicted octanol–water partition coefficient (Wildman–Crippen LogP) is 4.49. The van der Waals surface area contributed by atoms with Gasteiger partial charge in [-0.15, -0.1) is 0 Å². The summed E-state index contributed by atoms with van der Waals surface area (Å²) < 4.78 is 13.3. The molecule has 4 rings (SSSR count). The van der Waals surface area contributed by atoms with Crippen LogP contribution in [0.5, 0.6) is 0 Å². The van der Waals surface area contributed by atoms with Crippen LogP contribution in [0.3, 0.4) is 0 Å². The molecule has 0 bridgehead atoms. The van der Waals surface area contributed by atoms with Crippen LogP contribution in [0.2, 0.25) is 5.02 Å². The highest BCUT2D eigenvalue weighted by Crippen LogP contribution is 2.31. The van der Waals surface area contributed by atoms with Crippen LogP contribution in [0, 0.1) is 11.7 Å². The van der Waals surface area contributed by atoms with Gasteiger partial charge in [0.1, 0.15) is 11.6 Å². The second-order valence-corrected chi connectivity index (χ2v) is 7.93. The molecule has 8 heteroatoms. The molecular formula is C23H23ClFN5O. The Morgan fingerprint density at radius 3 is 2.94 bits per heavy atom. The lowest BCUT2D eigenvalue weighted by molar-refractivity contribution is -0.120. The van der Waals surface area contributed by atoms with E-state index in [1.165, 1.54) is 12.3 Å². The minimum absolute atomic E-state index is 0.0351. The zero-order valence-corrected chi connectivity index (χ0v) is 17.6. The number of benzene rings is 1. The summed E-state index contributed by atoms with van der Waals surface area (Å²) in [7, 11) is 0. The quantitative estimate of drug-likeness (QED) is 0.527. The first kappa shape index (κ1) is 21.2. The summed E-state index contributed by atoms with van der Waals surface area (Å²) in [5.74, 6) is 0.0148. The van der Waals surface area contributed by atoms with Crippen molar-refractivity contribution in [1.82, 2.24) is 15.3 Å². The average molecular weight is 440 g/mol. The van der Waals surface area contributed by atoms with Gasteiger partial charge < -0.3 is 16.0 Å². The molecule has 1 aliphatic heterocycles. The summed E-state index contributed by atoms with van der Waals surface area (Å²) in [5, 5.41) is 9.91. The van der Waals surface area contributed by atoms with E-state index in [0.29, 0.717) is 23.9 Å². The topological polar surface area (TPSA) is 78.9 Å². The second kappa shape index (κ2) is 9.85. The van der Waals surface area contributed by atoms with E-state index in [2.05, 4.69) is 25.9 Å². The lowest BCUT2D eigenvalue weighted by Gasteiger charge is -2.21. The van der Waals surface area contributed by atoms with Gasteiger partial charge in [-0.2, -0.15) is 0 Å². The molecule has 1 saturated heterocycles. The number of pyridine rings is 2. The largest absolute Gasteiger partial charge is 0.381 e. The fraction of sp³-hybridized carbons (Fsp3) is 0.261. The molecule has 0 aliphatic carbocycles. The molecule has 3 heterocycles. The number of nitrogens with zero attached hydrogens (tertiary/aromatic N) is 2. The zero-order valence-electron chi connectivity index (χ0n) is 16.9. The van der Waals surface area contributed by atoms with Gasteiger partial charge in [0.05, 0.1) is 17.1 Å². The normalized spacial score (nSPS) is 16.0. The molecule has 1 aromatic carbocycles. The summed E-state index contributed by atoms with van der Waals surface area (Å²) in [6.45, 7) is 2.07. The Morgan fingerprint density at radius 2 is 2.13 bits per heavy atom. The molecule has 1 amide bonds. The Morgan fingerprint density at radius 1 is 1.23 bits per heavy atom. The maximum atomic E-state index is 13.3. The Labute approximate surface area is 185 Å². The molecule has 3 aromatic rings. The number of nitrogens with one attached hydrogen (secondary N) is 3. The Kier molecular flexibility index (Phi) is 6.74. The number of piperidine rings is 1. The molecule has 6 nitrogen and oxygen atoms in total. The summed E-state index contributed by atoms with van der Waals surface area (Å²) in [5.41, 5.74) is 3.25. The number of anilines is 2. The molecule has 0 spiro atoms. The lowest BCUT2D eigenvalue weighted by Crippen LogP contribution is -2.37. The van der Waals surface area contributed by atoms with Gasteiger partial charge in [0.2, 0.25) is 5.91 Å². The standard InChI is InChI=1S/C23H23ClFN5O/c24-21-14-29-22(30-23(31)17-4-2-6-26-12-17)9-20(21)16-3-1-5-19(8-16)28-11-15-7-18(25)13-27-10-15/h1,3,5,7-10,13-14,17,26,28H,2,4,6,11-12H2,(H,29,30,31)/t17-/m1/s1. The monoisotopic (exact) mass is 439 g/mol. The highest BCUT2D eigenvalue weighted by atomic mass is 35.5. The van der Waals surface area contributed by atoms with Crippen LogP contribution in [0.15, 0.2) is 55.0 Å². The predicted molar refractivity (Wildman–Crippen MR) is 120 cm³/mol. The molecule has 0 saturated carbocycles. The maximum Gasteiger partial charge on any atom is 0.229 e. The molecule has 2 aromatic heterocycles. The third-order valence-corrected chi connectivity index (χ3v) is 5.51. The van der Waals surface area contributed by atoms with E-state index < -0.39 is 0 Å². The van der Waals surface area contributed by atoms with Crippen LogP contribution in [0.25, 0.3) is 11.1 Å². The van der Waals surface area contributed by atoms with E-state index in [4.69, 9.17) is 11.6 Å². The van der Waals surface area contributed by atoms with Gasteiger partial charge >= 0.3 is 0 Å². The fourth-order valence-corrected chi connectivity index (χ4v) is 3.80. The van der Waals surface area contributed by atoms with E-state index >= 15 is 0 Å². The molecule has 160 valence electrons. The SMILES string of the molecule is O=C(Nc1cc(-c2cccc(NCc3cncc(F)c3)c2)c(Cl)cn1)[C@@H]1CCCNC1. The first-order valence-corrected chi connectivity index (χ1v) is 10.6. The van der Waals surface area contributed by atoms with Gasteiger partial charge in [-0.05, 0) is 54.8 Å². The van der Waals surface area contributed by atoms with E-state index in [-0.39, 0.29) is 17.6 Å². The minimum Gasteiger partial charge on any atom is -0.381 e. The molecule has 0 radical (unpaired) electrons. The number of rotatable bonds is 6. The number of carbonyl (C=O) groups excluding carboxylic acids is 1. The van der Waals surface area contributed by atoms with Crippen molar-refractivity contribution in [3.05, 3.63) is 71.4 Å². The Bertz CT molecular complexity index is 1070. The summed E-state index contributed by atoms with van der Waals surface area (Å²) in [6, 6.07) is 10.9. The van der Waals surface area contributed by atoms with Crippen molar-refractivity contribution in [2.45, 2.75) is 19.4 Å². The van der Waals surface area contributed by atoms with Crippen LogP contribution in [0.4, 0.5) is 15.9 Å². The van der Waals surface area contributed by atoms with Crippen LogP contribution in [-0.4, -0.2) is 29.0 Å². The molecule has 0 unspecified atom stereocenters. The number of halogens is 2. The van der Waals surface area contributed by atoms with E-state index in [0.717, 1.165) is 41.8 Å². The van der Waals surface area contributed by atoms with Crippen molar-refractivity contribution < 1.29 is 9.18 Å². The maximum absolute atomic E-state index is 13.3. The minimum atomic E-state index is -0.366. The van der Waals surface area contributed by atoms with Gasteiger partial charge in [-0.1, -0.05) is 23.7 Å². The van der Waals surface area contributed by atoms with Crippen molar-refractivity contribution in [3.8, 4) is 11.1 Å². The highest BCUT2D eigenvalue weighted by molar-refractivity contribution is 6.33.